The van der Waals surface area contributed by atoms with Gasteiger partial charge in [-0.15, -0.1) is 0 Å². The minimum absolute atomic E-state index is 0.0921. The molecule has 0 radical (unpaired) electrons. The standard InChI is InChI=1S/C22H27N7O3/c1-28(22(32)19(27-24)12-25-16-8-5-9-16)14-20(30)29-13-15(10-18(29)11-23)21(31)26-17-6-3-2-4-7-17/h2-4,6-7,12,15-16,18,24-25H,5,8-10,13-14H2,1H3,(H,26,31)/b19-12-,27-24?. The molecule has 1 aromatic carbocycles. The second-order valence-corrected chi connectivity index (χ2v) is 8.08. The largest absolute Gasteiger partial charge is 0.386 e. The average molecular weight is 438 g/mol. The highest BCUT2D eigenvalue weighted by atomic mass is 16.2. The van der Waals surface area contributed by atoms with Gasteiger partial charge in [0.05, 0.1) is 18.5 Å². The monoisotopic (exact) mass is 437 g/mol. The van der Waals surface area contributed by atoms with Crippen LogP contribution in [0.25, 0.3) is 0 Å². The second kappa shape index (κ2) is 10.5. The van der Waals surface area contributed by atoms with Crippen LogP contribution in [0.2, 0.25) is 0 Å². The summed E-state index contributed by atoms with van der Waals surface area (Å²) in [6.07, 6.45) is 4.79. The Morgan fingerprint density at radius 2 is 2.03 bits per heavy atom. The summed E-state index contributed by atoms with van der Waals surface area (Å²) in [6, 6.07) is 10.6. The van der Waals surface area contributed by atoms with Crippen LogP contribution in [0.5, 0.6) is 0 Å². The van der Waals surface area contributed by atoms with Crippen molar-refractivity contribution in [1.29, 1.82) is 10.8 Å². The van der Waals surface area contributed by atoms with E-state index < -0.39 is 23.8 Å². The lowest BCUT2D eigenvalue weighted by Crippen LogP contribution is -2.43. The van der Waals surface area contributed by atoms with Gasteiger partial charge in [-0.25, -0.2) is 5.53 Å². The summed E-state index contributed by atoms with van der Waals surface area (Å²) in [6.45, 7) is -0.174. The first-order valence-electron chi connectivity index (χ1n) is 10.6. The van der Waals surface area contributed by atoms with Crippen molar-refractivity contribution in [2.45, 2.75) is 37.8 Å². The van der Waals surface area contributed by atoms with Crippen LogP contribution >= 0.6 is 0 Å². The number of nitrogens with zero attached hydrogens (tertiary/aromatic N) is 4. The van der Waals surface area contributed by atoms with E-state index in [1.54, 1.807) is 24.3 Å². The number of anilines is 1. The maximum atomic E-state index is 12.8. The quantitative estimate of drug-likeness (QED) is 0.420. The lowest BCUT2D eigenvalue weighted by Gasteiger charge is -2.26. The minimum Gasteiger partial charge on any atom is -0.386 e. The molecule has 1 saturated heterocycles. The molecule has 1 aromatic rings. The number of likely N-dealkylation sites (N-methyl/N-ethyl adjacent to an activating group) is 1. The Hall–Kier alpha value is -3.74. The van der Waals surface area contributed by atoms with Crippen LogP contribution < -0.4 is 10.6 Å². The summed E-state index contributed by atoms with van der Waals surface area (Å²) >= 11 is 0. The van der Waals surface area contributed by atoms with Crippen molar-refractivity contribution in [1.82, 2.24) is 15.1 Å². The number of likely N-dealkylation sites (tertiary alicyclic amines) is 1. The third-order valence-electron chi connectivity index (χ3n) is 5.80. The summed E-state index contributed by atoms with van der Waals surface area (Å²) in [5, 5.41) is 18.6. The molecule has 1 saturated carbocycles. The zero-order chi connectivity index (χ0) is 23.1. The molecule has 10 heteroatoms. The van der Waals surface area contributed by atoms with Crippen molar-refractivity contribution in [2.24, 2.45) is 11.0 Å². The van der Waals surface area contributed by atoms with Gasteiger partial charge in [0, 0.05) is 31.5 Å². The summed E-state index contributed by atoms with van der Waals surface area (Å²) in [7, 11) is 1.44. The van der Waals surface area contributed by atoms with Crippen molar-refractivity contribution in [2.75, 3.05) is 25.5 Å². The molecule has 10 nitrogen and oxygen atoms in total. The first kappa shape index (κ1) is 22.9. The van der Waals surface area contributed by atoms with Gasteiger partial charge in [0.1, 0.15) is 6.04 Å². The topological polar surface area (TPSA) is 142 Å². The molecule has 3 amide bonds. The molecular weight excluding hydrogens is 410 g/mol. The van der Waals surface area contributed by atoms with Crippen LogP contribution in [0, 0.1) is 22.8 Å². The molecule has 2 fully saturated rings. The average Bonchev–Trinajstić information content (AvgIpc) is 3.20. The Balaban J connectivity index is 1.58. The summed E-state index contributed by atoms with van der Waals surface area (Å²) in [5.74, 6) is -1.77. The number of hydrogen-bond acceptors (Lipinski definition) is 7. The zero-order valence-corrected chi connectivity index (χ0v) is 18.0. The van der Waals surface area contributed by atoms with Crippen molar-refractivity contribution < 1.29 is 14.4 Å². The molecule has 1 aliphatic carbocycles. The number of hydrogen-bond donors (Lipinski definition) is 3. The molecular formula is C22H27N7O3. The molecule has 3 rings (SSSR count). The lowest BCUT2D eigenvalue weighted by atomic mass is 9.93. The van der Waals surface area contributed by atoms with E-state index in [1.165, 1.54) is 23.0 Å². The van der Waals surface area contributed by atoms with Crippen LogP contribution in [0.1, 0.15) is 25.7 Å². The van der Waals surface area contributed by atoms with Crippen LogP contribution in [0.4, 0.5) is 5.69 Å². The molecule has 0 spiro atoms. The van der Waals surface area contributed by atoms with Gasteiger partial charge in [0.25, 0.3) is 5.91 Å². The molecule has 2 atom stereocenters. The van der Waals surface area contributed by atoms with E-state index >= 15 is 0 Å². The SMILES string of the molecule is CN(CC(=O)N1CC(C(=O)Nc2ccccc2)CC1C#N)C(=O)/C(=C/NC1CCC1)N=N. The van der Waals surface area contributed by atoms with Gasteiger partial charge in [-0.1, -0.05) is 18.2 Å². The molecule has 1 aliphatic heterocycles. The Bertz CT molecular complexity index is 937. The van der Waals surface area contributed by atoms with Gasteiger partial charge >= 0.3 is 0 Å². The second-order valence-electron chi connectivity index (χ2n) is 8.08. The predicted molar refractivity (Wildman–Crippen MR) is 116 cm³/mol. The first-order chi connectivity index (χ1) is 15.4. The highest BCUT2D eigenvalue weighted by Crippen LogP contribution is 2.25. The van der Waals surface area contributed by atoms with Crippen LogP contribution in [-0.2, 0) is 14.4 Å². The predicted octanol–water partition coefficient (Wildman–Crippen LogP) is 1.84. The van der Waals surface area contributed by atoms with E-state index in [1.807, 2.05) is 6.07 Å². The van der Waals surface area contributed by atoms with Gasteiger partial charge in [-0.3, -0.25) is 14.4 Å². The molecule has 3 N–H and O–H groups in total. The highest BCUT2D eigenvalue weighted by molar-refractivity contribution is 5.96. The maximum Gasteiger partial charge on any atom is 0.276 e. The molecule has 1 heterocycles. The fraction of sp³-hybridized carbons (Fsp3) is 0.455. The van der Waals surface area contributed by atoms with E-state index in [-0.39, 0.29) is 37.2 Å². The Morgan fingerprint density at radius 3 is 2.62 bits per heavy atom. The number of carbonyl (C=O) groups excluding carboxylic acids is 3. The number of rotatable bonds is 8. The van der Waals surface area contributed by atoms with E-state index in [0.717, 1.165) is 19.3 Å². The summed E-state index contributed by atoms with van der Waals surface area (Å²) < 4.78 is 0. The van der Waals surface area contributed by atoms with Crippen molar-refractivity contribution in [3.8, 4) is 6.07 Å². The van der Waals surface area contributed by atoms with Crippen molar-refractivity contribution in [3.63, 3.8) is 0 Å². The van der Waals surface area contributed by atoms with Crippen LogP contribution in [0.15, 0.2) is 47.3 Å². The third kappa shape index (κ3) is 5.49. The fourth-order valence-corrected chi connectivity index (χ4v) is 3.66. The van der Waals surface area contributed by atoms with E-state index in [0.29, 0.717) is 5.69 Å². The van der Waals surface area contributed by atoms with Crippen molar-refractivity contribution >= 4 is 23.4 Å². The smallest absolute Gasteiger partial charge is 0.276 e. The molecule has 168 valence electrons. The van der Waals surface area contributed by atoms with Crippen molar-refractivity contribution in [3.05, 3.63) is 42.2 Å². The number of carbonyl (C=O) groups is 3. The van der Waals surface area contributed by atoms with Gasteiger partial charge < -0.3 is 20.4 Å². The normalized spacial score (nSPS) is 20.6. The third-order valence-corrected chi connectivity index (χ3v) is 5.80. The van der Waals surface area contributed by atoms with Crippen LogP contribution in [0.3, 0.4) is 0 Å². The zero-order valence-electron chi connectivity index (χ0n) is 18.0. The number of para-hydroxylation sites is 1. The molecule has 0 bridgehead atoms. The molecule has 0 aromatic heterocycles. The van der Waals surface area contributed by atoms with E-state index in [9.17, 15) is 19.6 Å². The van der Waals surface area contributed by atoms with E-state index in [4.69, 9.17) is 5.53 Å². The van der Waals surface area contributed by atoms with Gasteiger partial charge in [-0.2, -0.15) is 10.4 Å². The highest BCUT2D eigenvalue weighted by Gasteiger charge is 2.39. The Morgan fingerprint density at radius 1 is 1.31 bits per heavy atom. The number of nitrogens with one attached hydrogen (secondary N) is 3. The van der Waals surface area contributed by atoms with Crippen LogP contribution in [-0.4, -0.2) is 59.7 Å². The molecule has 2 aliphatic rings. The van der Waals surface area contributed by atoms with Gasteiger partial charge in [-0.05, 0) is 37.8 Å². The summed E-state index contributed by atoms with van der Waals surface area (Å²) in [5.41, 5.74) is 7.82. The Kier molecular flexibility index (Phi) is 7.54. The van der Waals surface area contributed by atoms with Gasteiger partial charge in [0.15, 0.2) is 5.70 Å². The van der Waals surface area contributed by atoms with Gasteiger partial charge in [0.2, 0.25) is 11.8 Å². The summed E-state index contributed by atoms with van der Waals surface area (Å²) in [4.78, 5) is 40.5. The number of benzene rings is 1. The molecule has 32 heavy (non-hydrogen) atoms. The Labute approximate surface area is 186 Å². The first-order valence-corrected chi connectivity index (χ1v) is 10.6. The van der Waals surface area contributed by atoms with E-state index in [2.05, 4.69) is 21.8 Å². The minimum atomic E-state index is -0.742. The lowest BCUT2D eigenvalue weighted by molar-refractivity contribution is -0.137. The molecule has 2 unspecified atom stereocenters. The fourth-order valence-electron chi connectivity index (χ4n) is 3.66. The number of amides is 3. The number of nitriles is 1. The maximum absolute atomic E-state index is 12.8.